The first-order chi connectivity index (χ1) is 7.15. The van der Waals surface area contributed by atoms with Crippen molar-refractivity contribution < 1.29 is 4.79 Å². The number of carbonyl (C=O) groups is 1. The first kappa shape index (κ1) is 11.2. The molecule has 0 heterocycles. The molecule has 1 rings (SSSR count). The summed E-state index contributed by atoms with van der Waals surface area (Å²) in [5, 5.41) is 2.84. The minimum atomic E-state index is -0.179. The topological polar surface area (TPSA) is 29.1 Å². The first-order valence-corrected chi connectivity index (χ1v) is 4.78. The molecule has 0 aliphatic carbocycles. The molecule has 78 valence electrons. The van der Waals surface area contributed by atoms with E-state index in [1.54, 1.807) is 6.08 Å². The highest BCUT2D eigenvalue weighted by Gasteiger charge is 2.13. The van der Waals surface area contributed by atoms with Gasteiger partial charge in [-0.25, -0.2) is 0 Å². The number of hydrogen-bond donors (Lipinski definition) is 1. The molecule has 1 amide bonds. The summed E-state index contributed by atoms with van der Waals surface area (Å²) in [6, 6.07) is 9.53. The van der Waals surface area contributed by atoms with E-state index in [9.17, 15) is 4.79 Å². The van der Waals surface area contributed by atoms with Crippen LogP contribution in [0.2, 0.25) is 0 Å². The Morgan fingerprint density at radius 1 is 1.40 bits per heavy atom. The van der Waals surface area contributed by atoms with Crippen molar-refractivity contribution in [2.45, 2.75) is 13.0 Å². The molecule has 0 aliphatic heterocycles. The average molecular weight is 201 g/mol. The molecule has 0 spiro atoms. The van der Waals surface area contributed by atoms with Gasteiger partial charge in [-0.05, 0) is 11.1 Å². The van der Waals surface area contributed by atoms with Gasteiger partial charge in [0.1, 0.15) is 0 Å². The van der Waals surface area contributed by atoms with Crippen molar-refractivity contribution >= 4 is 5.91 Å². The lowest BCUT2D eigenvalue weighted by Gasteiger charge is -2.18. The molecule has 0 saturated heterocycles. The smallest absolute Gasteiger partial charge is 0.217 e. The van der Waals surface area contributed by atoms with Gasteiger partial charge in [0.25, 0.3) is 0 Å². The maximum Gasteiger partial charge on any atom is 0.217 e. The summed E-state index contributed by atoms with van der Waals surface area (Å²) in [5.74, 6) is -0.0770. The van der Waals surface area contributed by atoms with Crippen molar-refractivity contribution in [1.29, 1.82) is 0 Å². The molecule has 2 nitrogen and oxygen atoms in total. The van der Waals surface area contributed by atoms with E-state index in [1.165, 1.54) is 6.92 Å². The molecule has 0 bridgehead atoms. The van der Waals surface area contributed by atoms with Gasteiger partial charge in [0.2, 0.25) is 5.91 Å². The standard InChI is InChI=1S/C13H15NO/c1-4-10(2)13(14-11(3)15)12-8-6-5-7-9-12/h4-9,13H,1-2H2,3H3,(H,14,15)/t13-/m0/s1. The molecular weight excluding hydrogens is 186 g/mol. The van der Waals surface area contributed by atoms with Gasteiger partial charge in [0.05, 0.1) is 6.04 Å². The molecule has 1 atom stereocenters. The van der Waals surface area contributed by atoms with E-state index in [-0.39, 0.29) is 11.9 Å². The van der Waals surface area contributed by atoms with Crippen molar-refractivity contribution in [1.82, 2.24) is 5.32 Å². The fraction of sp³-hybridized carbons (Fsp3) is 0.154. The number of rotatable bonds is 4. The highest BCUT2D eigenvalue weighted by Crippen LogP contribution is 2.20. The SMILES string of the molecule is C=CC(=C)[C@H](NC(C)=O)c1ccccc1. The summed E-state index contributed by atoms with van der Waals surface area (Å²) < 4.78 is 0. The van der Waals surface area contributed by atoms with Gasteiger partial charge >= 0.3 is 0 Å². The number of nitrogens with one attached hydrogen (secondary N) is 1. The summed E-state index contributed by atoms with van der Waals surface area (Å²) in [5.41, 5.74) is 1.80. The van der Waals surface area contributed by atoms with Gasteiger partial charge < -0.3 is 5.32 Å². The second-order valence-electron chi connectivity index (χ2n) is 3.32. The number of hydrogen-bond acceptors (Lipinski definition) is 1. The Morgan fingerprint density at radius 2 is 2.00 bits per heavy atom. The van der Waals surface area contributed by atoms with Gasteiger partial charge in [-0.3, -0.25) is 4.79 Å². The molecule has 0 fully saturated rings. The largest absolute Gasteiger partial charge is 0.345 e. The third-order valence-corrected chi connectivity index (χ3v) is 2.11. The van der Waals surface area contributed by atoms with Crippen LogP contribution in [0.1, 0.15) is 18.5 Å². The molecule has 1 aromatic rings. The van der Waals surface area contributed by atoms with Crippen LogP contribution in [0.3, 0.4) is 0 Å². The Kier molecular flexibility index (Phi) is 3.86. The molecule has 0 aromatic heterocycles. The van der Waals surface area contributed by atoms with Crippen molar-refractivity contribution in [2.75, 3.05) is 0 Å². The van der Waals surface area contributed by atoms with Crippen molar-refractivity contribution in [3.05, 3.63) is 60.7 Å². The van der Waals surface area contributed by atoms with Crippen LogP contribution in [0.5, 0.6) is 0 Å². The Balaban J connectivity index is 2.96. The summed E-state index contributed by atoms with van der Waals surface area (Å²) in [4.78, 5) is 11.1. The Hall–Kier alpha value is -1.83. The van der Waals surface area contributed by atoms with E-state index in [0.29, 0.717) is 0 Å². The molecule has 0 aliphatic rings. The van der Waals surface area contributed by atoms with Crippen LogP contribution in [0, 0.1) is 0 Å². The molecular formula is C13H15NO. The molecule has 15 heavy (non-hydrogen) atoms. The van der Waals surface area contributed by atoms with Gasteiger partial charge in [-0.2, -0.15) is 0 Å². The van der Waals surface area contributed by atoms with Gasteiger partial charge in [0, 0.05) is 6.92 Å². The maximum atomic E-state index is 11.1. The molecule has 2 heteroatoms. The van der Waals surface area contributed by atoms with Crippen LogP contribution in [-0.2, 0) is 4.79 Å². The van der Waals surface area contributed by atoms with E-state index in [1.807, 2.05) is 30.3 Å². The number of carbonyl (C=O) groups excluding carboxylic acids is 1. The quantitative estimate of drug-likeness (QED) is 0.745. The summed E-state index contributed by atoms with van der Waals surface area (Å²) in [6.45, 7) is 9.03. The number of amides is 1. The Morgan fingerprint density at radius 3 is 2.47 bits per heavy atom. The van der Waals surface area contributed by atoms with E-state index in [4.69, 9.17) is 0 Å². The summed E-state index contributed by atoms with van der Waals surface area (Å²) >= 11 is 0. The molecule has 1 aromatic carbocycles. The normalized spacial score (nSPS) is 11.5. The maximum absolute atomic E-state index is 11.1. The molecule has 1 N–H and O–H groups in total. The zero-order valence-corrected chi connectivity index (χ0v) is 8.86. The van der Waals surface area contributed by atoms with Gasteiger partial charge in [0.15, 0.2) is 0 Å². The minimum absolute atomic E-state index is 0.0770. The van der Waals surface area contributed by atoms with Crippen LogP contribution in [0.15, 0.2) is 55.1 Å². The zero-order chi connectivity index (χ0) is 11.3. The predicted octanol–water partition coefficient (Wildman–Crippen LogP) is 2.61. The minimum Gasteiger partial charge on any atom is -0.345 e. The zero-order valence-electron chi connectivity index (χ0n) is 8.86. The monoisotopic (exact) mass is 201 g/mol. The summed E-state index contributed by atoms with van der Waals surface area (Å²) in [7, 11) is 0. The molecule has 0 saturated carbocycles. The average Bonchev–Trinajstić information content (AvgIpc) is 2.26. The van der Waals surface area contributed by atoms with Crippen molar-refractivity contribution in [3.8, 4) is 0 Å². The second kappa shape index (κ2) is 5.15. The van der Waals surface area contributed by atoms with E-state index >= 15 is 0 Å². The fourth-order valence-electron chi connectivity index (χ4n) is 1.36. The van der Waals surface area contributed by atoms with E-state index in [2.05, 4.69) is 18.5 Å². The third-order valence-electron chi connectivity index (χ3n) is 2.11. The van der Waals surface area contributed by atoms with Gasteiger partial charge in [-0.15, -0.1) is 0 Å². The van der Waals surface area contributed by atoms with Crippen LogP contribution in [-0.4, -0.2) is 5.91 Å². The molecule has 0 unspecified atom stereocenters. The van der Waals surface area contributed by atoms with Crippen molar-refractivity contribution in [2.24, 2.45) is 0 Å². The van der Waals surface area contributed by atoms with E-state index < -0.39 is 0 Å². The first-order valence-electron chi connectivity index (χ1n) is 4.78. The van der Waals surface area contributed by atoms with Crippen molar-refractivity contribution in [3.63, 3.8) is 0 Å². The second-order valence-corrected chi connectivity index (χ2v) is 3.32. The lowest BCUT2D eigenvalue weighted by atomic mass is 10.00. The highest BCUT2D eigenvalue weighted by molar-refractivity contribution is 5.74. The van der Waals surface area contributed by atoms with Crippen LogP contribution in [0.4, 0.5) is 0 Å². The van der Waals surface area contributed by atoms with Gasteiger partial charge in [-0.1, -0.05) is 49.6 Å². The van der Waals surface area contributed by atoms with Crippen LogP contribution in [0.25, 0.3) is 0 Å². The highest BCUT2D eigenvalue weighted by atomic mass is 16.1. The Labute approximate surface area is 90.3 Å². The molecule has 0 radical (unpaired) electrons. The third kappa shape index (κ3) is 3.09. The predicted molar refractivity (Wildman–Crippen MR) is 62.3 cm³/mol. The van der Waals surface area contributed by atoms with E-state index in [0.717, 1.165) is 11.1 Å². The fourth-order valence-corrected chi connectivity index (χ4v) is 1.36. The lowest BCUT2D eigenvalue weighted by molar-refractivity contribution is -0.119. The number of benzene rings is 1. The van der Waals surface area contributed by atoms with Crippen LogP contribution < -0.4 is 5.32 Å². The Bertz CT molecular complexity index is 367. The summed E-state index contributed by atoms with van der Waals surface area (Å²) in [6.07, 6.45) is 1.66. The lowest BCUT2D eigenvalue weighted by Crippen LogP contribution is -2.26. The van der Waals surface area contributed by atoms with Crippen LogP contribution >= 0.6 is 0 Å².